The van der Waals surface area contributed by atoms with Gasteiger partial charge in [0, 0.05) is 19.0 Å². The summed E-state index contributed by atoms with van der Waals surface area (Å²) in [4.78, 5) is 14.8. The van der Waals surface area contributed by atoms with Crippen molar-refractivity contribution < 1.29 is 22.7 Å². The van der Waals surface area contributed by atoms with Gasteiger partial charge in [-0.2, -0.15) is 8.42 Å². The average molecular weight is 445 g/mol. The van der Waals surface area contributed by atoms with E-state index >= 15 is 0 Å². The van der Waals surface area contributed by atoms with Crippen molar-refractivity contribution in [3.8, 4) is 11.5 Å². The molecule has 2 aromatic rings. The summed E-state index contributed by atoms with van der Waals surface area (Å²) in [7, 11) is -2.29. The second-order valence-corrected chi connectivity index (χ2v) is 8.84. The number of nitrogens with one attached hydrogen (secondary N) is 1. The van der Waals surface area contributed by atoms with Gasteiger partial charge in [-0.3, -0.25) is 9.52 Å². The zero-order valence-electron chi connectivity index (χ0n) is 17.1. The molecule has 4 rings (SSSR count). The number of amidine groups is 1. The molecule has 0 radical (unpaired) electrons. The number of methoxy groups -OCH3 is 1. The number of hydrogen-bond donors (Lipinski definition) is 2. The van der Waals surface area contributed by atoms with E-state index in [1.807, 2.05) is 17.0 Å². The molecule has 1 fully saturated rings. The van der Waals surface area contributed by atoms with Gasteiger partial charge in [0.2, 0.25) is 0 Å². The summed E-state index contributed by atoms with van der Waals surface area (Å²) in [6.07, 6.45) is 1.78. The van der Waals surface area contributed by atoms with Crippen LogP contribution in [-0.2, 0) is 10.2 Å². The smallest absolute Gasteiger partial charge is 0.344 e. The van der Waals surface area contributed by atoms with Crippen LogP contribution >= 0.6 is 0 Å². The van der Waals surface area contributed by atoms with Gasteiger partial charge in [0.05, 0.1) is 30.5 Å². The fourth-order valence-corrected chi connectivity index (χ4v) is 4.77. The molecule has 2 aromatic carbocycles. The van der Waals surface area contributed by atoms with E-state index in [1.54, 1.807) is 37.4 Å². The number of nitrogens with two attached hydrogens (primary N) is 1. The van der Waals surface area contributed by atoms with Crippen LogP contribution in [0.3, 0.4) is 0 Å². The Balaban J connectivity index is 1.45. The number of nitrogens with zero attached hydrogens (tertiary/aromatic N) is 2. The fraction of sp³-hybridized carbons (Fsp3) is 0.333. The molecule has 1 saturated heterocycles. The molecule has 0 aromatic heterocycles. The molecular formula is C21H24N4O5S. The van der Waals surface area contributed by atoms with Crippen molar-refractivity contribution in [2.24, 2.45) is 16.0 Å². The number of carbonyl (C=O) groups is 1. The summed E-state index contributed by atoms with van der Waals surface area (Å²) in [5, 5.41) is 0. The SMILES string of the molecule is COc1ccccc1C(=O)N1CCCC(COc2cccc3c2C(N)=NS(=O)(=O)N3)C1. The predicted octanol–water partition coefficient (Wildman–Crippen LogP) is 2.00. The Morgan fingerprint density at radius 1 is 1.23 bits per heavy atom. The van der Waals surface area contributed by atoms with Crippen LogP contribution in [0.15, 0.2) is 46.9 Å². The third-order valence-electron chi connectivity index (χ3n) is 5.36. The van der Waals surface area contributed by atoms with Gasteiger partial charge >= 0.3 is 10.2 Å². The number of hydrogen-bond acceptors (Lipinski definition) is 6. The van der Waals surface area contributed by atoms with E-state index in [1.165, 1.54) is 0 Å². The number of ether oxygens (including phenoxy) is 2. The topological polar surface area (TPSA) is 123 Å². The summed E-state index contributed by atoms with van der Waals surface area (Å²) >= 11 is 0. The summed E-state index contributed by atoms with van der Waals surface area (Å²) in [5.74, 6) is 0.959. The molecule has 1 atom stereocenters. The third kappa shape index (κ3) is 4.43. The second kappa shape index (κ2) is 8.46. The van der Waals surface area contributed by atoms with Crippen LogP contribution in [0.25, 0.3) is 0 Å². The van der Waals surface area contributed by atoms with Crippen LogP contribution in [-0.4, -0.2) is 51.9 Å². The van der Waals surface area contributed by atoms with Gasteiger partial charge in [0.1, 0.15) is 11.5 Å². The quantitative estimate of drug-likeness (QED) is 0.727. The van der Waals surface area contributed by atoms with Crippen molar-refractivity contribution in [3.05, 3.63) is 53.6 Å². The Morgan fingerprint density at radius 3 is 2.81 bits per heavy atom. The Labute approximate surface area is 181 Å². The largest absolute Gasteiger partial charge is 0.496 e. The lowest BCUT2D eigenvalue weighted by Gasteiger charge is -2.33. The van der Waals surface area contributed by atoms with Crippen LogP contribution in [0.1, 0.15) is 28.8 Å². The van der Waals surface area contributed by atoms with E-state index in [4.69, 9.17) is 15.2 Å². The van der Waals surface area contributed by atoms with Gasteiger partial charge in [-0.25, -0.2) is 0 Å². The molecule has 2 aliphatic heterocycles. The highest BCUT2D eigenvalue weighted by Gasteiger charge is 2.28. The van der Waals surface area contributed by atoms with Crippen molar-refractivity contribution in [1.82, 2.24) is 4.90 Å². The van der Waals surface area contributed by atoms with Gasteiger partial charge in [0.25, 0.3) is 5.91 Å². The van der Waals surface area contributed by atoms with Gasteiger partial charge in [0.15, 0.2) is 5.84 Å². The first-order valence-corrected chi connectivity index (χ1v) is 11.4. The zero-order valence-corrected chi connectivity index (χ0v) is 17.9. The second-order valence-electron chi connectivity index (χ2n) is 7.50. The molecule has 164 valence electrons. The number of amides is 1. The lowest BCUT2D eigenvalue weighted by molar-refractivity contribution is 0.0630. The van der Waals surface area contributed by atoms with Crippen molar-refractivity contribution in [1.29, 1.82) is 0 Å². The molecule has 9 nitrogen and oxygen atoms in total. The minimum absolute atomic E-state index is 0.0648. The van der Waals surface area contributed by atoms with Crippen LogP contribution in [0.2, 0.25) is 0 Å². The average Bonchev–Trinajstić information content (AvgIpc) is 2.76. The monoisotopic (exact) mass is 444 g/mol. The molecule has 1 unspecified atom stereocenters. The molecule has 10 heteroatoms. The molecule has 0 saturated carbocycles. The van der Waals surface area contributed by atoms with E-state index < -0.39 is 10.2 Å². The van der Waals surface area contributed by atoms with Gasteiger partial charge in [-0.15, -0.1) is 4.40 Å². The zero-order chi connectivity index (χ0) is 22.0. The van der Waals surface area contributed by atoms with Gasteiger partial charge in [-0.05, 0) is 37.1 Å². The van der Waals surface area contributed by atoms with E-state index in [9.17, 15) is 13.2 Å². The summed E-state index contributed by atoms with van der Waals surface area (Å²) in [6, 6.07) is 12.2. The van der Waals surface area contributed by atoms with E-state index in [-0.39, 0.29) is 17.7 Å². The van der Waals surface area contributed by atoms with Crippen LogP contribution in [0.5, 0.6) is 11.5 Å². The number of carbonyl (C=O) groups excluding carboxylic acids is 1. The van der Waals surface area contributed by atoms with Crippen molar-refractivity contribution in [2.45, 2.75) is 12.8 Å². The Morgan fingerprint density at radius 2 is 2.00 bits per heavy atom. The molecule has 2 heterocycles. The molecule has 31 heavy (non-hydrogen) atoms. The molecule has 1 amide bonds. The van der Waals surface area contributed by atoms with Gasteiger partial charge in [-0.1, -0.05) is 18.2 Å². The maximum atomic E-state index is 13.0. The van der Waals surface area contributed by atoms with Gasteiger partial charge < -0.3 is 20.1 Å². The predicted molar refractivity (Wildman–Crippen MR) is 117 cm³/mol. The number of benzene rings is 2. The Hall–Kier alpha value is -3.27. The Kier molecular flexibility index (Phi) is 5.73. The first-order valence-electron chi connectivity index (χ1n) is 9.94. The van der Waals surface area contributed by atoms with Crippen LogP contribution in [0.4, 0.5) is 5.69 Å². The number of piperidine rings is 1. The number of para-hydroxylation sites is 1. The number of rotatable bonds is 5. The standard InChI is InChI=1S/C21H24N4O5S/c1-29-17-9-3-2-7-15(17)21(26)25-11-5-6-14(12-25)13-30-18-10-4-8-16-19(18)20(22)24-31(27,28)23-16/h2-4,7-10,14,23H,5-6,11-13H2,1H3,(H2,22,24). The maximum Gasteiger partial charge on any atom is 0.344 e. The highest BCUT2D eigenvalue weighted by molar-refractivity contribution is 7.91. The molecular weight excluding hydrogens is 420 g/mol. The van der Waals surface area contributed by atoms with Crippen molar-refractivity contribution in [3.63, 3.8) is 0 Å². The molecule has 0 spiro atoms. The van der Waals surface area contributed by atoms with Crippen LogP contribution < -0.4 is 19.9 Å². The molecule has 0 bridgehead atoms. The van der Waals surface area contributed by atoms with E-state index in [0.29, 0.717) is 48.0 Å². The normalized spacial score (nSPS) is 19.6. The maximum absolute atomic E-state index is 13.0. The minimum Gasteiger partial charge on any atom is -0.496 e. The Bertz CT molecular complexity index is 1130. The first-order chi connectivity index (χ1) is 14.9. The summed E-state index contributed by atoms with van der Waals surface area (Å²) < 4.78 is 40.7. The van der Waals surface area contributed by atoms with Crippen LogP contribution in [0, 0.1) is 5.92 Å². The lowest BCUT2D eigenvalue weighted by atomic mass is 9.98. The highest BCUT2D eigenvalue weighted by atomic mass is 32.2. The molecule has 3 N–H and O–H groups in total. The highest BCUT2D eigenvalue weighted by Crippen LogP contribution is 2.31. The fourth-order valence-electron chi connectivity index (χ4n) is 3.92. The lowest BCUT2D eigenvalue weighted by Crippen LogP contribution is -2.41. The molecule has 2 aliphatic rings. The number of likely N-dealkylation sites (tertiary alicyclic amines) is 1. The molecule has 0 aliphatic carbocycles. The number of fused-ring (bicyclic) bond motifs is 1. The van der Waals surface area contributed by atoms with Crippen molar-refractivity contribution in [2.75, 3.05) is 31.5 Å². The minimum atomic E-state index is -3.84. The number of anilines is 1. The van der Waals surface area contributed by atoms with E-state index in [0.717, 1.165) is 12.8 Å². The summed E-state index contributed by atoms with van der Waals surface area (Å²) in [6.45, 7) is 1.60. The summed E-state index contributed by atoms with van der Waals surface area (Å²) in [5.41, 5.74) is 7.17. The third-order valence-corrected chi connectivity index (χ3v) is 6.27. The van der Waals surface area contributed by atoms with Crippen molar-refractivity contribution >= 4 is 27.6 Å². The first kappa shape index (κ1) is 21.0. The van der Waals surface area contributed by atoms with E-state index in [2.05, 4.69) is 9.12 Å².